The number of benzene rings is 4. The van der Waals surface area contributed by atoms with Gasteiger partial charge in [0.25, 0.3) is 10.1 Å². The fourth-order valence-electron chi connectivity index (χ4n) is 3.74. The van der Waals surface area contributed by atoms with Gasteiger partial charge in [-0.15, -0.1) is 4.33 Å². The molecule has 4 rings (SSSR count). The van der Waals surface area contributed by atoms with E-state index < -0.39 is 10.1 Å². The molecular formula is C31H32O12S2. The van der Waals surface area contributed by atoms with Crippen LogP contribution < -0.4 is 28.4 Å². The Labute approximate surface area is 265 Å². The maximum absolute atomic E-state index is 11.2. The van der Waals surface area contributed by atoms with E-state index in [2.05, 4.69) is 9.37 Å². The Hall–Kier alpha value is -4.18. The van der Waals surface area contributed by atoms with Gasteiger partial charge in [-0.05, 0) is 67.6 Å². The minimum absolute atomic E-state index is 0.168. The van der Waals surface area contributed by atoms with Gasteiger partial charge in [0.2, 0.25) is 0 Å². The predicted molar refractivity (Wildman–Crippen MR) is 164 cm³/mol. The second-order valence-corrected chi connectivity index (χ2v) is 11.4. The highest BCUT2D eigenvalue weighted by molar-refractivity contribution is 7.94. The van der Waals surface area contributed by atoms with E-state index in [9.17, 15) is 8.42 Å². The van der Waals surface area contributed by atoms with Crippen molar-refractivity contribution >= 4 is 22.2 Å². The van der Waals surface area contributed by atoms with E-state index in [0.717, 1.165) is 23.4 Å². The summed E-state index contributed by atoms with van der Waals surface area (Å²) in [6.45, 7) is 3.46. The van der Waals surface area contributed by atoms with Crippen LogP contribution in [0.3, 0.4) is 0 Å². The van der Waals surface area contributed by atoms with Crippen molar-refractivity contribution in [3.05, 3.63) is 96.6 Å². The largest absolute Gasteiger partial charge is 0.490 e. The normalized spacial score (nSPS) is 11.1. The van der Waals surface area contributed by atoms with Gasteiger partial charge in [0, 0.05) is 23.1 Å². The third kappa shape index (κ3) is 12.0. The number of aryl methyl sites for hydroxylation is 1. The minimum atomic E-state index is -4.28. The Balaban J connectivity index is 1.29. The van der Waals surface area contributed by atoms with Crippen molar-refractivity contribution in [2.45, 2.75) is 16.7 Å². The molecule has 240 valence electrons. The highest BCUT2D eigenvalue weighted by Crippen LogP contribution is 2.28. The third-order valence-corrected chi connectivity index (χ3v) is 7.30. The van der Waals surface area contributed by atoms with Gasteiger partial charge in [0.1, 0.15) is 74.1 Å². The van der Waals surface area contributed by atoms with E-state index in [-0.39, 0.29) is 37.9 Å². The Kier molecular flexibility index (Phi) is 13.0. The molecule has 4 aromatic rings. The smallest absolute Gasteiger partial charge is 0.294 e. The van der Waals surface area contributed by atoms with Gasteiger partial charge in [0.05, 0.1) is 16.9 Å². The standard InChI is InChI=1S/C31H32O12S2/c1-23-2-4-24(5-3-23)36-14-17-39-27-20-28(40-18-15-37-25-6-10-30(11-7-25)44-43-42-32)22-29(21-27)41-19-16-38-26-8-12-31(13-9-26)45(33,34)35/h2-13,20-22,32H,14-19H2,1H3,(H,33,34,35). The SMILES string of the molecule is Cc1ccc(OCCOc2cc(OCCOc3ccc(SOOO)cc3)cc(OCCOc3ccc(S(=O)(=O)O)cc3)c2)cc1. The maximum Gasteiger partial charge on any atom is 0.294 e. The van der Waals surface area contributed by atoms with Crippen LogP contribution in [0, 0.1) is 6.92 Å². The second kappa shape index (κ2) is 17.3. The summed E-state index contributed by atoms with van der Waals surface area (Å²) in [7, 11) is -4.28. The highest BCUT2D eigenvalue weighted by Gasteiger charge is 2.09. The van der Waals surface area contributed by atoms with Crippen LogP contribution in [0.1, 0.15) is 5.56 Å². The molecule has 0 radical (unpaired) electrons. The summed E-state index contributed by atoms with van der Waals surface area (Å²) >= 11 is 0.850. The zero-order chi connectivity index (χ0) is 31.9. The molecule has 0 amide bonds. The molecule has 0 atom stereocenters. The molecule has 0 spiro atoms. The van der Waals surface area contributed by atoms with E-state index in [1.165, 1.54) is 24.3 Å². The lowest BCUT2D eigenvalue weighted by molar-refractivity contribution is -0.432. The number of ether oxygens (including phenoxy) is 6. The van der Waals surface area contributed by atoms with Crippen molar-refractivity contribution in [2.24, 2.45) is 0 Å². The Morgan fingerprint density at radius 2 is 0.911 bits per heavy atom. The first-order valence-corrected chi connectivity index (χ1v) is 15.8. The van der Waals surface area contributed by atoms with E-state index >= 15 is 0 Å². The lowest BCUT2D eigenvalue weighted by atomic mass is 10.2. The van der Waals surface area contributed by atoms with Crippen molar-refractivity contribution in [2.75, 3.05) is 39.6 Å². The molecule has 0 fully saturated rings. The highest BCUT2D eigenvalue weighted by atomic mass is 32.2. The van der Waals surface area contributed by atoms with Crippen LogP contribution in [-0.2, 0) is 19.5 Å². The fourth-order valence-corrected chi connectivity index (χ4v) is 4.58. The zero-order valence-corrected chi connectivity index (χ0v) is 25.8. The average Bonchev–Trinajstić information content (AvgIpc) is 3.04. The van der Waals surface area contributed by atoms with Crippen molar-refractivity contribution in [3.8, 4) is 34.5 Å². The van der Waals surface area contributed by atoms with Crippen LogP contribution >= 0.6 is 12.0 Å². The molecule has 45 heavy (non-hydrogen) atoms. The van der Waals surface area contributed by atoms with Gasteiger partial charge >= 0.3 is 0 Å². The Bertz CT molecular complexity index is 1560. The van der Waals surface area contributed by atoms with Gasteiger partial charge in [0.15, 0.2) is 0 Å². The summed E-state index contributed by atoms with van der Waals surface area (Å²) in [4.78, 5) is 0.490. The average molecular weight is 661 g/mol. The first-order chi connectivity index (χ1) is 21.8. The summed E-state index contributed by atoms with van der Waals surface area (Å²) in [5.41, 5.74) is 1.14. The molecule has 12 nitrogen and oxygen atoms in total. The maximum atomic E-state index is 11.2. The topological polar surface area (TPSA) is 148 Å². The van der Waals surface area contributed by atoms with Crippen LogP contribution in [-0.4, -0.2) is 57.9 Å². The first kappa shape index (κ1) is 33.7. The molecular weight excluding hydrogens is 628 g/mol. The molecule has 0 aliphatic heterocycles. The number of rotatable bonds is 19. The molecule has 4 aromatic carbocycles. The van der Waals surface area contributed by atoms with E-state index in [4.69, 9.17) is 38.2 Å². The van der Waals surface area contributed by atoms with Crippen LogP contribution in [0.15, 0.2) is 101 Å². The van der Waals surface area contributed by atoms with Gasteiger partial charge in [-0.25, -0.2) is 5.26 Å². The van der Waals surface area contributed by atoms with Gasteiger partial charge < -0.3 is 28.4 Å². The van der Waals surface area contributed by atoms with Crippen molar-refractivity contribution in [3.63, 3.8) is 0 Å². The summed E-state index contributed by atoms with van der Waals surface area (Å²) in [6.07, 6.45) is 0. The van der Waals surface area contributed by atoms with Crippen molar-refractivity contribution in [1.29, 1.82) is 0 Å². The predicted octanol–water partition coefficient (Wildman–Crippen LogP) is 6.04. The molecule has 0 unspecified atom stereocenters. The van der Waals surface area contributed by atoms with Crippen molar-refractivity contribution < 1.29 is 56.0 Å². The number of hydrogen-bond donors (Lipinski definition) is 2. The molecule has 2 N–H and O–H groups in total. The van der Waals surface area contributed by atoms with E-state index in [0.29, 0.717) is 40.2 Å². The van der Waals surface area contributed by atoms with Crippen LogP contribution in [0.5, 0.6) is 34.5 Å². The van der Waals surface area contributed by atoms with Gasteiger partial charge in [-0.3, -0.25) is 4.55 Å². The molecule has 0 aliphatic rings. The Morgan fingerprint density at radius 1 is 0.556 bits per heavy atom. The molecule has 0 heterocycles. The summed E-state index contributed by atoms with van der Waals surface area (Å²) in [6, 6.07) is 25.3. The van der Waals surface area contributed by atoms with E-state index in [1.807, 2.05) is 31.2 Å². The number of hydrogen-bond acceptors (Lipinski definition) is 12. The summed E-state index contributed by atoms with van der Waals surface area (Å²) in [5.74, 6) is 3.28. The quantitative estimate of drug-likeness (QED) is 0.0396. The molecule has 0 aromatic heterocycles. The molecule has 0 saturated heterocycles. The zero-order valence-electron chi connectivity index (χ0n) is 24.2. The third-order valence-electron chi connectivity index (χ3n) is 5.84. The van der Waals surface area contributed by atoms with Crippen LogP contribution in [0.2, 0.25) is 0 Å². The monoisotopic (exact) mass is 660 g/mol. The minimum Gasteiger partial charge on any atom is -0.490 e. The Morgan fingerprint density at radius 3 is 1.29 bits per heavy atom. The van der Waals surface area contributed by atoms with Crippen LogP contribution in [0.25, 0.3) is 0 Å². The van der Waals surface area contributed by atoms with Crippen LogP contribution in [0.4, 0.5) is 0 Å². The first-order valence-electron chi connectivity index (χ1n) is 13.6. The molecule has 0 aliphatic carbocycles. The molecule has 0 bridgehead atoms. The fraction of sp³-hybridized carbons (Fsp3) is 0.226. The summed E-state index contributed by atoms with van der Waals surface area (Å²) in [5, 5.41) is 11.8. The second-order valence-electron chi connectivity index (χ2n) is 9.19. The van der Waals surface area contributed by atoms with Gasteiger partial charge in [-0.2, -0.15) is 8.42 Å². The van der Waals surface area contributed by atoms with Crippen molar-refractivity contribution in [1.82, 2.24) is 0 Å². The van der Waals surface area contributed by atoms with E-state index in [1.54, 1.807) is 42.5 Å². The molecule has 14 heteroatoms. The lowest BCUT2D eigenvalue weighted by Crippen LogP contribution is -2.12. The molecule has 0 saturated carbocycles. The summed E-state index contributed by atoms with van der Waals surface area (Å²) < 4.78 is 70.7. The van der Waals surface area contributed by atoms with Gasteiger partial charge in [-0.1, -0.05) is 22.7 Å². The lowest BCUT2D eigenvalue weighted by Gasteiger charge is -2.14.